The molecule has 0 saturated heterocycles. The quantitative estimate of drug-likeness (QED) is 0.121. The molecule has 6 rings (SSSR count). The van der Waals surface area contributed by atoms with Crippen LogP contribution in [0.4, 0.5) is 0 Å². The van der Waals surface area contributed by atoms with Gasteiger partial charge in [0.05, 0.1) is 5.56 Å². The van der Waals surface area contributed by atoms with Gasteiger partial charge in [0, 0.05) is 41.8 Å². The largest absolute Gasteiger partial charge is 0.508 e. The van der Waals surface area contributed by atoms with Crippen molar-refractivity contribution in [3.63, 3.8) is 0 Å². The van der Waals surface area contributed by atoms with Gasteiger partial charge in [-0.25, -0.2) is 0 Å². The van der Waals surface area contributed by atoms with Gasteiger partial charge in [-0.05, 0) is 29.8 Å². The number of aliphatic hydroxyl groups is 2. The van der Waals surface area contributed by atoms with Crippen LogP contribution in [0.3, 0.4) is 0 Å². The summed E-state index contributed by atoms with van der Waals surface area (Å²) < 4.78 is 18.2. The SMILES string of the molecule is Oc1cc(O)c2c(c1)O[C@@H](c1ccc(O)c(O)c1)[C@H](O[C@]1(O)[C@@H](c3ccc(O)c(O)c3)Oc3cc(O)cc(O)c3[C@@H]1O)C2. The minimum atomic E-state index is -2.78. The third-order valence-corrected chi connectivity index (χ3v) is 7.53. The van der Waals surface area contributed by atoms with Crippen LogP contribution >= 0.6 is 0 Å². The molecule has 5 atom stereocenters. The molecular weight excluding hydrogens is 568 g/mol. The zero-order chi connectivity index (χ0) is 30.8. The number of hydrogen-bond acceptors (Lipinski definition) is 13. The van der Waals surface area contributed by atoms with E-state index < -0.39 is 64.7 Å². The lowest BCUT2D eigenvalue weighted by molar-refractivity contribution is -0.334. The highest BCUT2D eigenvalue weighted by Crippen LogP contribution is 2.55. The molecule has 2 aliphatic rings. The van der Waals surface area contributed by atoms with Crippen LogP contribution in [-0.2, 0) is 11.2 Å². The lowest BCUT2D eigenvalue weighted by Gasteiger charge is -2.47. The number of aliphatic hydroxyl groups excluding tert-OH is 1. The van der Waals surface area contributed by atoms with E-state index in [0.717, 1.165) is 30.3 Å². The third-order valence-electron chi connectivity index (χ3n) is 7.53. The first-order valence-electron chi connectivity index (χ1n) is 12.9. The molecule has 0 unspecified atom stereocenters. The Balaban J connectivity index is 1.50. The van der Waals surface area contributed by atoms with Crippen LogP contribution in [0, 0.1) is 0 Å². The number of rotatable bonds is 4. The Kier molecular flexibility index (Phi) is 6.45. The van der Waals surface area contributed by atoms with E-state index in [0.29, 0.717) is 0 Å². The molecule has 0 amide bonds. The Bertz CT molecular complexity index is 1740. The lowest BCUT2D eigenvalue weighted by atomic mass is 9.86. The first kappa shape index (κ1) is 27.9. The Morgan fingerprint density at radius 1 is 0.628 bits per heavy atom. The summed E-state index contributed by atoms with van der Waals surface area (Å²) in [6, 6.07) is 11.6. The van der Waals surface area contributed by atoms with Crippen molar-refractivity contribution in [1.29, 1.82) is 0 Å². The summed E-state index contributed by atoms with van der Waals surface area (Å²) in [7, 11) is 0. The minimum Gasteiger partial charge on any atom is -0.508 e. The van der Waals surface area contributed by atoms with Crippen molar-refractivity contribution in [2.75, 3.05) is 0 Å². The second-order valence-electron chi connectivity index (χ2n) is 10.4. The van der Waals surface area contributed by atoms with Crippen LogP contribution in [0.15, 0.2) is 60.7 Å². The maximum atomic E-state index is 12.2. The van der Waals surface area contributed by atoms with Crippen LogP contribution in [-0.4, -0.2) is 63.0 Å². The molecule has 4 aromatic carbocycles. The molecule has 224 valence electrons. The summed E-state index contributed by atoms with van der Waals surface area (Å²) in [5.41, 5.74) is 0.0804. The second kappa shape index (κ2) is 9.94. The molecular formula is C30H26O13. The number of phenolic OH excluding ortho intramolecular Hbond substituents is 8. The summed E-state index contributed by atoms with van der Waals surface area (Å²) in [5, 5.41) is 105. The molecule has 2 heterocycles. The molecule has 0 aliphatic carbocycles. The molecule has 43 heavy (non-hydrogen) atoms. The normalized spacial score (nSPS) is 24.3. The van der Waals surface area contributed by atoms with Gasteiger partial charge in [0.15, 0.2) is 35.2 Å². The maximum absolute atomic E-state index is 12.2. The van der Waals surface area contributed by atoms with Gasteiger partial charge in [0.25, 0.3) is 0 Å². The molecule has 0 radical (unpaired) electrons. The Morgan fingerprint density at radius 3 is 1.86 bits per heavy atom. The van der Waals surface area contributed by atoms with E-state index in [1.165, 1.54) is 30.3 Å². The summed E-state index contributed by atoms with van der Waals surface area (Å²) in [4.78, 5) is 0. The fourth-order valence-electron chi connectivity index (χ4n) is 5.46. The van der Waals surface area contributed by atoms with E-state index >= 15 is 0 Å². The Labute approximate surface area is 242 Å². The average molecular weight is 595 g/mol. The number of phenols is 8. The summed E-state index contributed by atoms with van der Waals surface area (Å²) in [5.74, 6) is -6.63. The number of benzene rings is 4. The molecule has 13 nitrogen and oxygen atoms in total. The average Bonchev–Trinajstić information content (AvgIpc) is 2.93. The number of ether oxygens (including phenoxy) is 3. The first-order chi connectivity index (χ1) is 20.4. The van der Waals surface area contributed by atoms with Crippen LogP contribution in [0.1, 0.15) is 40.6 Å². The maximum Gasteiger partial charge on any atom is 0.239 e. The molecule has 0 fully saturated rings. The van der Waals surface area contributed by atoms with Gasteiger partial charge in [0.2, 0.25) is 5.79 Å². The van der Waals surface area contributed by atoms with Gasteiger partial charge in [-0.1, -0.05) is 12.1 Å². The predicted octanol–water partition coefficient (Wildman–Crippen LogP) is 2.95. The molecule has 13 heteroatoms. The fraction of sp³-hybridized carbons (Fsp3) is 0.200. The van der Waals surface area contributed by atoms with Crippen molar-refractivity contribution in [2.24, 2.45) is 0 Å². The highest BCUT2D eigenvalue weighted by molar-refractivity contribution is 5.55. The van der Waals surface area contributed by atoms with E-state index in [9.17, 15) is 51.1 Å². The van der Waals surface area contributed by atoms with E-state index in [1.807, 2.05) is 0 Å². The van der Waals surface area contributed by atoms with Crippen molar-refractivity contribution in [2.45, 2.75) is 36.6 Å². The highest BCUT2D eigenvalue weighted by atomic mass is 16.7. The molecule has 4 aromatic rings. The Hall–Kier alpha value is -5.24. The second-order valence-corrected chi connectivity index (χ2v) is 10.4. The minimum absolute atomic E-state index is 0.00839. The Morgan fingerprint density at radius 2 is 1.21 bits per heavy atom. The standard InChI is InChI=1S/C30H26O13/c31-14-7-19(35)16-11-25(27(41-23(16)9-14)12-1-3-17(33)20(36)5-12)43-30(40)28(39)26-22(38)8-15(32)10-24(26)42-29(30)13-2-4-18(34)21(37)6-13/h1-10,25,27-29,31-40H,11H2/t25-,27+,28+,29-,30+/m1/s1. The van der Waals surface area contributed by atoms with Crippen molar-refractivity contribution < 1.29 is 65.3 Å². The van der Waals surface area contributed by atoms with E-state index in [1.54, 1.807) is 0 Å². The van der Waals surface area contributed by atoms with Gasteiger partial charge >= 0.3 is 0 Å². The predicted molar refractivity (Wildman–Crippen MR) is 144 cm³/mol. The van der Waals surface area contributed by atoms with Gasteiger partial charge in [-0.3, -0.25) is 0 Å². The van der Waals surface area contributed by atoms with Crippen molar-refractivity contribution in [3.05, 3.63) is 82.9 Å². The summed E-state index contributed by atoms with van der Waals surface area (Å²) in [6.07, 6.45) is -6.39. The molecule has 0 saturated carbocycles. The van der Waals surface area contributed by atoms with E-state index in [-0.39, 0.29) is 51.7 Å². The fourth-order valence-corrected chi connectivity index (χ4v) is 5.46. The summed E-state index contributed by atoms with van der Waals surface area (Å²) >= 11 is 0. The van der Waals surface area contributed by atoms with Gasteiger partial charge < -0.3 is 65.3 Å². The number of fused-ring (bicyclic) bond motifs is 2. The summed E-state index contributed by atoms with van der Waals surface area (Å²) in [6.45, 7) is 0. The van der Waals surface area contributed by atoms with Crippen LogP contribution in [0.25, 0.3) is 0 Å². The van der Waals surface area contributed by atoms with Crippen molar-refractivity contribution >= 4 is 0 Å². The smallest absolute Gasteiger partial charge is 0.239 e. The van der Waals surface area contributed by atoms with Gasteiger partial charge in [-0.2, -0.15) is 0 Å². The van der Waals surface area contributed by atoms with Crippen LogP contribution in [0.2, 0.25) is 0 Å². The molecule has 0 spiro atoms. The van der Waals surface area contributed by atoms with Crippen LogP contribution < -0.4 is 9.47 Å². The third kappa shape index (κ3) is 4.65. The highest BCUT2D eigenvalue weighted by Gasteiger charge is 2.56. The lowest BCUT2D eigenvalue weighted by Crippen LogP contribution is -2.53. The topological polar surface area (TPSA) is 230 Å². The zero-order valence-electron chi connectivity index (χ0n) is 22.0. The molecule has 2 aliphatic heterocycles. The van der Waals surface area contributed by atoms with Crippen molar-refractivity contribution in [1.82, 2.24) is 0 Å². The van der Waals surface area contributed by atoms with E-state index in [4.69, 9.17) is 14.2 Å². The number of aromatic hydroxyl groups is 8. The number of hydrogen-bond donors (Lipinski definition) is 10. The van der Waals surface area contributed by atoms with Gasteiger partial charge in [0.1, 0.15) is 46.7 Å². The monoisotopic (exact) mass is 594 g/mol. The first-order valence-corrected chi connectivity index (χ1v) is 12.9. The molecule has 0 bridgehead atoms. The van der Waals surface area contributed by atoms with Crippen molar-refractivity contribution in [3.8, 4) is 57.5 Å². The van der Waals surface area contributed by atoms with Crippen LogP contribution in [0.5, 0.6) is 57.5 Å². The molecule has 10 N–H and O–H groups in total. The van der Waals surface area contributed by atoms with E-state index in [2.05, 4.69) is 0 Å². The molecule has 0 aromatic heterocycles. The van der Waals surface area contributed by atoms with Gasteiger partial charge in [-0.15, -0.1) is 0 Å². The zero-order valence-corrected chi connectivity index (χ0v) is 22.0.